The lowest BCUT2D eigenvalue weighted by molar-refractivity contribution is -0.135. The van der Waals surface area contributed by atoms with E-state index in [0.29, 0.717) is 6.54 Å². The number of carbonyl (C=O) groups is 1. The number of amides is 1. The highest BCUT2D eigenvalue weighted by molar-refractivity contribution is 5.78. The molecule has 1 aromatic carbocycles. The van der Waals surface area contributed by atoms with E-state index in [-0.39, 0.29) is 12.0 Å². The molecule has 1 aromatic rings. The standard InChI is InChI=1S/C20H31N3O3/c1-17(2)26-19-5-3-4-18(14-19)15-21-6-8-23(9-7-21)20(24)16-22-10-12-25-13-11-22/h3-5,14,17H,6-13,15-16H2,1-2H3. The summed E-state index contributed by atoms with van der Waals surface area (Å²) in [6.07, 6.45) is 0.186. The Morgan fingerprint density at radius 3 is 2.50 bits per heavy atom. The number of hydrogen-bond donors (Lipinski definition) is 0. The van der Waals surface area contributed by atoms with E-state index in [4.69, 9.17) is 9.47 Å². The maximum absolute atomic E-state index is 12.5. The zero-order valence-electron chi connectivity index (χ0n) is 16.0. The van der Waals surface area contributed by atoms with Gasteiger partial charge in [-0.05, 0) is 31.5 Å². The van der Waals surface area contributed by atoms with Crippen molar-refractivity contribution >= 4 is 5.91 Å². The van der Waals surface area contributed by atoms with E-state index in [9.17, 15) is 4.79 Å². The van der Waals surface area contributed by atoms with Crippen LogP contribution in [0.3, 0.4) is 0 Å². The Morgan fingerprint density at radius 1 is 1.08 bits per heavy atom. The SMILES string of the molecule is CC(C)Oc1cccc(CN2CCN(C(=O)CN3CCOCC3)CC2)c1. The lowest BCUT2D eigenvalue weighted by Gasteiger charge is -2.36. The van der Waals surface area contributed by atoms with Crippen LogP contribution in [0.1, 0.15) is 19.4 Å². The number of nitrogens with zero attached hydrogens (tertiary/aromatic N) is 3. The van der Waals surface area contributed by atoms with E-state index >= 15 is 0 Å². The molecule has 0 bridgehead atoms. The summed E-state index contributed by atoms with van der Waals surface area (Å²) in [5.74, 6) is 1.18. The number of carbonyl (C=O) groups excluding carboxylic acids is 1. The van der Waals surface area contributed by atoms with E-state index in [1.807, 2.05) is 24.8 Å². The van der Waals surface area contributed by atoms with Gasteiger partial charge in [-0.2, -0.15) is 0 Å². The van der Waals surface area contributed by atoms with E-state index in [1.54, 1.807) is 0 Å². The summed E-state index contributed by atoms with van der Waals surface area (Å²) >= 11 is 0. The zero-order valence-corrected chi connectivity index (χ0v) is 16.0. The third kappa shape index (κ3) is 5.69. The van der Waals surface area contributed by atoms with Gasteiger partial charge in [0.15, 0.2) is 0 Å². The van der Waals surface area contributed by atoms with Gasteiger partial charge in [-0.25, -0.2) is 0 Å². The first-order chi connectivity index (χ1) is 12.6. The monoisotopic (exact) mass is 361 g/mol. The first-order valence-electron chi connectivity index (χ1n) is 9.66. The summed E-state index contributed by atoms with van der Waals surface area (Å²) in [6.45, 7) is 12.2. The molecular formula is C20H31N3O3. The molecule has 0 aromatic heterocycles. The van der Waals surface area contributed by atoms with Crippen LogP contribution >= 0.6 is 0 Å². The largest absolute Gasteiger partial charge is 0.491 e. The van der Waals surface area contributed by atoms with Crippen LogP contribution in [0, 0.1) is 0 Å². The van der Waals surface area contributed by atoms with Crippen molar-refractivity contribution in [3.63, 3.8) is 0 Å². The average molecular weight is 361 g/mol. The normalized spacial score (nSPS) is 19.7. The number of piperazine rings is 1. The highest BCUT2D eigenvalue weighted by Crippen LogP contribution is 2.17. The van der Waals surface area contributed by atoms with Crippen LogP contribution in [0.4, 0.5) is 0 Å². The Morgan fingerprint density at radius 2 is 1.81 bits per heavy atom. The van der Waals surface area contributed by atoms with Gasteiger partial charge in [-0.1, -0.05) is 12.1 Å². The molecule has 6 nitrogen and oxygen atoms in total. The predicted molar refractivity (Wildman–Crippen MR) is 101 cm³/mol. The summed E-state index contributed by atoms with van der Waals surface area (Å²) in [5, 5.41) is 0. The molecule has 0 N–H and O–H groups in total. The zero-order chi connectivity index (χ0) is 18.4. The fourth-order valence-electron chi connectivity index (χ4n) is 3.45. The molecule has 2 saturated heterocycles. The van der Waals surface area contributed by atoms with Crippen LogP contribution in [0.25, 0.3) is 0 Å². The maximum atomic E-state index is 12.5. The topological polar surface area (TPSA) is 45.2 Å². The summed E-state index contributed by atoms with van der Waals surface area (Å²) in [6, 6.07) is 8.32. The molecule has 2 heterocycles. The summed E-state index contributed by atoms with van der Waals surface area (Å²) in [7, 11) is 0. The molecule has 6 heteroatoms. The minimum Gasteiger partial charge on any atom is -0.491 e. The fraction of sp³-hybridized carbons (Fsp3) is 0.650. The molecule has 144 valence electrons. The molecule has 0 aliphatic carbocycles. The van der Waals surface area contributed by atoms with Gasteiger partial charge >= 0.3 is 0 Å². The smallest absolute Gasteiger partial charge is 0.236 e. The van der Waals surface area contributed by atoms with Crippen LogP contribution in [0.5, 0.6) is 5.75 Å². The van der Waals surface area contributed by atoms with Crippen molar-refractivity contribution in [2.24, 2.45) is 0 Å². The minimum absolute atomic E-state index is 0.186. The molecule has 3 rings (SSSR count). The molecule has 26 heavy (non-hydrogen) atoms. The van der Waals surface area contributed by atoms with Crippen molar-refractivity contribution < 1.29 is 14.3 Å². The van der Waals surface area contributed by atoms with E-state index in [0.717, 1.165) is 64.8 Å². The maximum Gasteiger partial charge on any atom is 0.236 e. The summed E-state index contributed by atoms with van der Waals surface area (Å²) in [5.41, 5.74) is 1.26. The molecule has 2 fully saturated rings. The Balaban J connectivity index is 1.44. The second kappa shape index (κ2) is 9.35. The first kappa shape index (κ1) is 19.1. The van der Waals surface area contributed by atoms with Gasteiger partial charge in [-0.15, -0.1) is 0 Å². The molecule has 2 aliphatic rings. The first-order valence-corrected chi connectivity index (χ1v) is 9.66. The molecule has 1 amide bonds. The number of benzene rings is 1. The van der Waals surface area contributed by atoms with Gasteiger partial charge < -0.3 is 14.4 Å². The van der Waals surface area contributed by atoms with Gasteiger partial charge in [-0.3, -0.25) is 14.6 Å². The molecule has 0 saturated carbocycles. The van der Waals surface area contributed by atoms with E-state index < -0.39 is 0 Å². The van der Waals surface area contributed by atoms with Gasteiger partial charge in [0.25, 0.3) is 0 Å². The quantitative estimate of drug-likeness (QED) is 0.767. The third-order valence-electron chi connectivity index (χ3n) is 4.86. The van der Waals surface area contributed by atoms with Crippen molar-refractivity contribution in [1.82, 2.24) is 14.7 Å². The van der Waals surface area contributed by atoms with Crippen LogP contribution in [0.15, 0.2) is 24.3 Å². The van der Waals surface area contributed by atoms with E-state index in [1.165, 1.54) is 5.56 Å². The third-order valence-corrected chi connectivity index (χ3v) is 4.86. The number of morpholine rings is 1. The highest BCUT2D eigenvalue weighted by Gasteiger charge is 2.23. The van der Waals surface area contributed by atoms with E-state index in [2.05, 4.69) is 28.0 Å². The summed E-state index contributed by atoms with van der Waals surface area (Å²) in [4.78, 5) is 19.1. The molecule has 2 aliphatic heterocycles. The lowest BCUT2D eigenvalue weighted by Crippen LogP contribution is -2.51. The van der Waals surface area contributed by atoms with Crippen molar-refractivity contribution in [3.8, 4) is 5.75 Å². The molecule has 0 spiro atoms. The van der Waals surface area contributed by atoms with Crippen LogP contribution in [0.2, 0.25) is 0 Å². The Bertz CT molecular complexity index is 579. The van der Waals surface area contributed by atoms with Crippen molar-refractivity contribution in [1.29, 1.82) is 0 Å². The number of ether oxygens (including phenoxy) is 2. The number of hydrogen-bond acceptors (Lipinski definition) is 5. The molecular weight excluding hydrogens is 330 g/mol. The van der Waals surface area contributed by atoms with Crippen molar-refractivity contribution in [3.05, 3.63) is 29.8 Å². The lowest BCUT2D eigenvalue weighted by atomic mass is 10.2. The molecule has 0 radical (unpaired) electrons. The van der Waals surface area contributed by atoms with Crippen LogP contribution in [-0.4, -0.2) is 85.7 Å². The average Bonchev–Trinajstić information content (AvgIpc) is 2.63. The summed E-state index contributed by atoms with van der Waals surface area (Å²) < 4.78 is 11.1. The van der Waals surface area contributed by atoms with Crippen LogP contribution < -0.4 is 4.74 Å². The van der Waals surface area contributed by atoms with Gasteiger partial charge in [0.05, 0.1) is 25.9 Å². The Labute approximate surface area is 156 Å². The second-order valence-electron chi connectivity index (χ2n) is 7.36. The predicted octanol–water partition coefficient (Wildman–Crippen LogP) is 1.45. The highest BCUT2D eigenvalue weighted by atomic mass is 16.5. The minimum atomic E-state index is 0.186. The fourth-order valence-corrected chi connectivity index (χ4v) is 3.45. The van der Waals surface area contributed by atoms with Gasteiger partial charge in [0.1, 0.15) is 5.75 Å². The van der Waals surface area contributed by atoms with Crippen LogP contribution in [-0.2, 0) is 16.1 Å². The van der Waals surface area contributed by atoms with Gasteiger partial charge in [0, 0.05) is 45.8 Å². The molecule has 0 unspecified atom stereocenters. The van der Waals surface area contributed by atoms with Gasteiger partial charge in [0.2, 0.25) is 5.91 Å². The van der Waals surface area contributed by atoms with Crippen molar-refractivity contribution in [2.45, 2.75) is 26.5 Å². The Hall–Kier alpha value is -1.63. The Kier molecular flexibility index (Phi) is 6.88. The number of rotatable bonds is 6. The second-order valence-corrected chi connectivity index (χ2v) is 7.36. The van der Waals surface area contributed by atoms with Crippen molar-refractivity contribution in [2.75, 3.05) is 59.0 Å². The molecule has 0 atom stereocenters.